The normalized spacial score (nSPS) is 12.1. The van der Waals surface area contributed by atoms with Gasteiger partial charge in [-0.3, -0.25) is 0 Å². The molecule has 474 valence electrons. The Bertz CT molecular complexity index is 2530. The maximum absolute atomic E-state index is 10.7. The van der Waals surface area contributed by atoms with E-state index in [0.29, 0.717) is 71.0 Å². The third-order valence-electron chi connectivity index (χ3n) is 15.7. The van der Waals surface area contributed by atoms with Crippen LogP contribution in [0.1, 0.15) is 304 Å². The Morgan fingerprint density at radius 1 is 0.282 bits per heavy atom. The van der Waals surface area contributed by atoms with Crippen LogP contribution in [0, 0.1) is 0 Å². The Morgan fingerprint density at radius 3 is 0.424 bits per heavy atom. The smallest absolute Gasteiger partial charge is 0.870 e. The first-order valence-corrected chi connectivity index (χ1v) is 39.5. The Kier molecular flexibility index (Phi) is 32.6. The minimum atomic E-state index is -6.09. The number of halogens is 3. The maximum atomic E-state index is 10.7. The number of hydrogen-bond donors (Lipinski definition) is 0. The van der Waals surface area contributed by atoms with Crippen molar-refractivity contribution < 1.29 is 59.5 Å². The number of rotatable bonds is 18. The molecule has 6 aromatic rings. The van der Waals surface area contributed by atoms with Gasteiger partial charge < -0.3 is 15.5 Å². The fourth-order valence-corrected chi connectivity index (χ4v) is 35.4. The molecule has 0 amide bonds. The molecule has 85 heavy (non-hydrogen) atoms. The van der Waals surface area contributed by atoms with Crippen molar-refractivity contribution in [2.75, 3.05) is 0 Å². The predicted octanol–water partition coefficient (Wildman–Crippen LogP) is 17.6. The first-order chi connectivity index (χ1) is 38.0. The molecule has 5 nitrogen and oxygen atoms in total. The summed E-state index contributed by atoms with van der Waals surface area (Å²) < 4.78 is 69.3. The van der Waals surface area contributed by atoms with Crippen molar-refractivity contribution >= 4 is 71.6 Å². The molecule has 0 saturated heterocycles. The van der Waals surface area contributed by atoms with Crippen molar-refractivity contribution in [3.8, 4) is 0 Å². The van der Waals surface area contributed by atoms with Gasteiger partial charge in [0.1, 0.15) is 0 Å². The van der Waals surface area contributed by atoms with Gasteiger partial charge in [-0.25, -0.2) is 8.42 Å². The van der Waals surface area contributed by atoms with Gasteiger partial charge in [-0.1, -0.05) is 0 Å². The molecule has 2 radical (unpaired) electrons. The molecule has 0 aliphatic heterocycles. The standard InChI is InChI=1S/6C12H17.CHF3O3S.Ag.2H2O.2Sb/c6*1-9(2)11-6-5-7-12(8-11)10(3)4;2-1(3,4)8(5,6)7;;;;;/h6*5-7,9-10H,1-4H3;(H,5,6,7);;2*1H2;;/q;;;;;;;+1;;;2*+1/p-3. The summed E-state index contributed by atoms with van der Waals surface area (Å²) in [6.07, 6.45) is 0. The van der Waals surface area contributed by atoms with Crippen molar-refractivity contribution in [3.63, 3.8) is 0 Å². The van der Waals surface area contributed by atoms with E-state index in [1.807, 2.05) is 0 Å². The van der Waals surface area contributed by atoms with Crippen LogP contribution < -0.4 is 21.1 Å². The first kappa shape index (κ1) is 80.3. The molecule has 6 aromatic carbocycles. The molecule has 0 atom stereocenters. The summed E-state index contributed by atoms with van der Waals surface area (Å²) >= 11 is -5.10. The zero-order valence-corrected chi connectivity index (χ0v) is 63.1. The van der Waals surface area contributed by atoms with Crippen molar-refractivity contribution in [1.29, 1.82) is 0 Å². The van der Waals surface area contributed by atoms with Crippen LogP contribution in [-0.2, 0) is 32.5 Å². The second kappa shape index (κ2) is 34.5. The van der Waals surface area contributed by atoms with Gasteiger partial charge in [0.2, 0.25) is 0 Å². The molecule has 0 aliphatic rings. The Labute approximate surface area is 544 Å². The Balaban J connectivity index is 0.000000729. The zero-order valence-electron chi connectivity index (χ0n) is 55.7. The van der Waals surface area contributed by atoms with Gasteiger partial charge in [-0.05, 0) is 0 Å². The van der Waals surface area contributed by atoms with Crippen LogP contribution in [0.3, 0.4) is 0 Å². The fourth-order valence-electron chi connectivity index (χ4n) is 11.3. The van der Waals surface area contributed by atoms with Gasteiger partial charge in [0, 0.05) is 0 Å². The van der Waals surface area contributed by atoms with Crippen LogP contribution in [0.5, 0.6) is 0 Å². The summed E-state index contributed by atoms with van der Waals surface area (Å²) in [6, 6.07) is 43.3. The molecule has 0 aromatic heterocycles. The third kappa shape index (κ3) is 19.4. The van der Waals surface area contributed by atoms with E-state index in [2.05, 4.69) is 275 Å². The van der Waals surface area contributed by atoms with Crippen molar-refractivity contribution in [2.45, 2.75) is 243 Å². The van der Waals surface area contributed by atoms with Crippen LogP contribution in [0.4, 0.5) is 13.2 Å². The van der Waals surface area contributed by atoms with Gasteiger partial charge in [0.05, 0.1) is 0 Å². The van der Waals surface area contributed by atoms with Crippen LogP contribution in [0.2, 0.25) is 0 Å². The zero-order chi connectivity index (χ0) is 62.2. The average Bonchev–Trinajstić information content (AvgIpc) is 3.38. The van der Waals surface area contributed by atoms with E-state index in [1.54, 1.807) is 87.8 Å². The van der Waals surface area contributed by atoms with E-state index in [-0.39, 0.29) is 33.3 Å². The topological polar surface area (TPSA) is 117 Å². The second-order valence-corrected chi connectivity index (χ2v) is 39.0. The van der Waals surface area contributed by atoms with E-state index in [0.717, 1.165) is 0 Å². The van der Waals surface area contributed by atoms with Gasteiger partial charge in [-0.15, -0.1) is 0 Å². The van der Waals surface area contributed by atoms with Gasteiger partial charge in [0.15, 0.2) is 10.1 Å². The van der Waals surface area contributed by atoms with Crippen LogP contribution in [0.25, 0.3) is 0 Å². The van der Waals surface area contributed by atoms with Gasteiger partial charge >= 0.3 is 503 Å². The SMILES string of the molecule is CC(C)c1cccc(C(C)C)[c]1[Sb+]([c]1c(C(C)C)cccc1C(C)C)[c]1c(C(C)C)cccc1C(C)C.CC(C)c1cccc(C(C)C)[c]1[Sb+]([c]1c(C(C)C)cccc1C(C)C)[c]1c(C(C)C)cccc1C(C)C.O=S(=O)([O-])C(F)(F)F.[Ag+].[OH-].[OH-]. The van der Waals surface area contributed by atoms with E-state index in [1.165, 1.54) is 0 Å². The minimum absolute atomic E-state index is 0. The molecule has 0 heterocycles. The van der Waals surface area contributed by atoms with Crippen LogP contribution >= 0.6 is 0 Å². The minimum Gasteiger partial charge on any atom is -0.870 e. The number of alkyl halides is 3. The summed E-state index contributed by atoms with van der Waals surface area (Å²) in [7, 11) is -6.09. The average molecular weight is 1500 g/mol. The van der Waals surface area contributed by atoms with E-state index >= 15 is 0 Å². The predicted molar refractivity (Wildman–Crippen MR) is 357 cm³/mol. The molecule has 0 aliphatic carbocycles. The first-order valence-electron chi connectivity index (χ1n) is 30.4. The molecule has 0 unspecified atom stereocenters. The Morgan fingerprint density at radius 2 is 0.365 bits per heavy atom. The molecule has 12 heteroatoms. The molecule has 0 saturated carbocycles. The van der Waals surface area contributed by atoms with Crippen molar-refractivity contribution in [3.05, 3.63) is 176 Å². The summed E-state index contributed by atoms with van der Waals surface area (Å²) in [5, 5.41) is 0. The van der Waals surface area contributed by atoms with E-state index < -0.39 is 56.0 Å². The molecular formula is C73H104AgF3O5SSb2. The third-order valence-corrected chi connectivity index (χ3v) is 32.7. The van der Waals surface area contributed by atoms with Crippen molar-refractivity contribution in [1.82, 2.24) is 0 Å². The summed E-state index contributed by atoms with van der Waals surface area (Å²) in [6.45, 7) is 57.6. The summed E-state index contributed by atoms with van der Waals surface area (Å²) in [5.74, 6) is 6.03. The van der Waals surface area contributed by atoms with E-state index in [4.69, 9.17) is 13.0 Å². The Hall–Kier alpha value is -2.68. The van der Waals surface area contributed by atoms with Gasteiger partial charge in [0.25, 0.3) is 0 Å². The summed E-state index contributed by atoms with van der Waals surface area (Å²) in [4.78, 5) is 0. The van der Waals surface area contributed by atoms with Crippen LogP contribution in [-0.4, -0.2) is 69.9 Å². The molecule has 0 spiro atoms. The number of hydrogen-bond acceptors (Lipinski definition) is 5. The largest absolute Gasteiger partial charge is 1.00 e. The number of benzene rings is 6. The summed E-state index contributed by atoms with van der Waals surface area (Å²) in [5.41, 5.74) is 13.3. The monoisotopic (exact) mass is 1500 g/mol. The van der Waals surface area contributed by atoms with Crippen molar-refractivity contribution in [2.24, 2.45) is 0 Å². The second-order valence-electron chi connectivity index (χ2n) is 26.1. The van der Waals surface area contributed by atoms with Crippen LogP contribution in [0.15, 0.2) is 109 Å². The van der Waals surface area contributed by atoms with Gasteiger partial charge in [-0.2, -0.15) is 13.2 Å². The molecule has 6 rings (SSSR count). The van der Waals surface area contributed by atoms with E-state index in [9.17, 15) is 13.2 Å². The fraction of sp³-hybridized carbons (Fsp3) is 0.507. The molecule has 2 N–H and O–H groups in total. The quantitative estimate of drug-likeness (QED) is 0.0483. The molecule has 0 fully saturated rings. The molecular weight excluding hydrogens is 1400 g/mol. The maximum Gasteiger partial charge on any atom is 1.00 e. The molecule has 0 bridgehead atoms.